The monoisotopic (exact) mass is 579 g/mol. The maximum Gasteiger partial charge on any atom is 0.337 e. The van der Waals surface area contributed by atoms with Crippen molar-refractivity contribution in [1.29, 1.82) is 0 Å². The van der Waals surface area contributed by atoms with Gasteiger partial charge in [-0.05, 0) is 41.5 Å². The van der Waals surface area contributed by atoms with Crippen LogP contribution in [-0.4, -0.2) is 83.4 Å². The first-order valence-corrected chi connectivity index (χ1v) is 14.9. The molecule has 0 radical (unpaired) electrons. The number of carbonyl (C=O) groups is 3. The Balaban J connectivity index is 1.71. The maximum atomic E-state index is 13.9. The number of esters is 1. The van der Waals surface area contributed by atoms with Gasteiger partial charge in [-0.25, -0.2) is 13.2 Å². The smallest absolute Gasteiger partial charge is 0.337 e. The van der Waals surface area contributed by atoms with Crippen LogP contribution in [0.5, 0.6) is 0 Å². The summed E-state index contributed by atoms with van der Waals surface area (Å²) in [5.41, 5.74) is 8.81. The van der Waals surface area contributed by atoms with Crippen molar-refractivity contribution in [3.63, 3.8) is 0 Å². The largest absolute Gasteiger partial charge is 0.465 e. The molecule has 3 aromatic carbocycles. The van der Waals surface area contributed by atoms with Crippen molar-refractivity contribution in [2.45, 2.75) is 17.4 Å². The van der Waals surface area contributed by atoms with Crippen molar-refractivity contribution in [3.8, 4) is 11.1 Å². The van der Waals surface area contributed by atoms with E-state index in [-0.39, 0.29) is 35.7 Å². The predicted molar refractivity (Wildman–Crippen MR) is 154 cm³/mol. The van der Waals surface area contributed by atoms with E-state index in [2.05, 4.69) is 0 Å². The van der Waals surface area contributed by atoms with E-state index in [1.807, 2.05) is 18.2 Å². The van der Waals surface area contributed by atoms with Gasteiger partial charge in [0.25, 0.3) is 0 Å². The standard InChI is InChI=1S/C30H33N3O7S/c1-39-30(36)23-7-5-6-22(17-23)26-8-3-4-9-27(26)33(19-29(35)32-14-15-40-20-24(31)18-32)28(34)16-21-10-12-25(13-11-21)41(2,37)38/h3-13,17,24H,14-16,18-20,31H2,1-2H3. The average molecular weight is 580 g/mol. The summed E-state index contributed by atoms with van der Waals surface area (Å²) in [5, 5.41) is 0. The average Bonchev–Trinajstić information content (AvgIpc) is 3.19. The van der Waals surface area contributed by atoms with E-state index in [0.29, 0.717) is 54.2 Å². The molecule has 10 nitrogen and oxygen atoms in total. The zero-order valence-corrected chi connectivity index (χ0v) is 23.8. The number of sulfone groups is 1. The second-order valence-corrected chi connectivity index (χ2v) is 11.9. The Morgan fingerprint density at radius 2 is 1.78 bits per heavy atom. The molecule has 3 aromatic rings. The minimum atomic E-state index is -3.39. The number of anilines is 1. The molecule has 2 amide bonds. The number of amides is 2. The number of para-hydroxylation sites is 1. The van der Waals surface area contributed by atoms with Gasteiger partial charge in [0.2, 0.25) is 11.8 Å². The van der Waals surface area contributed by atoms with Crippen LogP contribution in [0, 0.1) is 0 Å². The molecule has 1 atom stereocenters. The summed E-state index contributed by atoms with van der Waals surface area (Å²) in [4.78, 5) is 42.7. The molecule has 1 aliphatic rings. The zero-order valence-electron chi connectivity index (χ0n) is 23.0. The lowest BCUT2D eigenvalue weighted by Crippen LogP contribution is -2.47. The highest BCUT2D eigenvalue weighted by atomic mass is 32.2. The van der Waals surface area contributed by atoms with Gasteiger partial charge in [-0.3, -0.25) is 9.59 Å². The number of rotatable bonds is 8. The summed E-state index contributed by atoms with van der Waals surface area (Å²) >= 11 is 0. The zero-order chi connectivity index (χ0) is 29.6. The Bertz CT molecular complexity index is 1520. The van der Waals surface area contributed by atoms with E-state index in [4.69, 9.17) is 15.2 Å². The summed E-state index contributed by atoms with van der Waals surface area (Å²) in [7, 11) is -2.09. The molecular weight excluding hydrogens is 546 g/mol. The molecule has 1 unspecified atom stereocenters. The first-order chi connectivity index (χ1) is 19.6. The first kappa shape index (κ1) is 29.9. The van der Waals surface area contributed by atoms with E-state index in [0.717, 1.165) is 6.26 Å². The van der Waals surface area contributed by atoms with Crippen molar-refractivity contribution in [3.05, 3.63) is 83.9 Å². The third kappa shape index (κ3) is 7.57. The van der Waals surface area contributed by atoms with Gasteiger partial charge in [-0.1, -0.05) is 42.5 Å². The number of nitrogens with two attached hydrogens (primary N) is 1. The van der Waals surface area contributed by atoms with E-state index < -0.39 is 15.8 Å². The molecule has 11 heteroatoms. The summed E-state index contributed by atoms with van der Waals surface area (Å²) in [5.74, 6) is -1.15. The summed E-state index contributed by atoms with van der Waals surface area (Å²) < 4.78 is 34.1. The molecule has 1 fully saturated rings. The fourth-order valence-electron chi connectivity index (χ4n) is 4.62. The number of carbonyl (C=O) groups excluding carboxylic acids is 3. The minimum absolute atomic E-state index is 0.0729. The number of hydrogen-bond acceptors (Lipinski definition) is 8. The van der Waals surface area contributed by atoms with E-state index >= 15 is 0 Å². The second kappa shape index (κ2) is 13.1. The van der Waals surface area contributed by atoms with Crippen LogP contribution in [0.15, 0.2) is 77.7 Å². The normalized spacial score (nSPS) is 15.6. The Morgan fingerprint density at radius 3 is 2.49 bits per heavy atom. The van der Waals surface area contributed by atoms with Crippen LogP contribution in [0.2, 0.25) is 0 Å². The van der Waals surface area contributed by atoms with Crippen LogP contribution >= 0.6 is 0 Å². The Kier molecular flexibility index (Phi) is 9.53. The third-order valence-electron chi connectivity index (χ3n) is 6.74. The molecule has 41 heavy (non-hydrogen) atoms. The van der Waals surface area contributed by atoms with Crippen molar-refractivity contribution < 1.29 is 32.3 Å². The highest BCUT2D eigenvalue weighted by Crippen LogP contribution is 2.32. The van der Waals surface area contributed by atoms with Crippen LogP contribution in [-0.2, 0) is 35.3 Å². The lowest BCUT2D eigenvalue weighted by atomic mass is 10.00. The van der Waals surface area contributed by atoms with Gasteiger partial charge >= 0.3 is 5.97 Å². The molecule has 0 saturated carbocycles. The number of benzene rings is 3. The molecule has 0 aliphatic carbocycles. The predicted octanol–water partition coefficient (Wildman–Crippen LogP) is 2.31. The van der Waals surface area contributed by atoms with Crippen molar-refractivity contribution in [1.82, 2.24) is 4.90 Å². The topological polar surface area (TPSA) is 136 Å². The minimum Gasteiger partial charge on any atom is -0.465 e. The highest BCUT2D eigenvalue weighted by Gasteiger charge is 2.27. The van der Waals surface area contributed by atoms with Crippen LogP contribution in [0.4, 0.5) is 5.69 Å². The van der Waals surface area contributed by atoms with Gasteiger partial charge in [-0.15, -0.1) is 0 Å². The van der Waals surface area contributed by atoms with Crippen LogP contribution in [0.3, 0.4) is 0 Å². The Morgan fingerprint density at radius 1 is 1.05 bits per heavy atom. The lowest BCUT2D eigenvalue weighted by Gasteiger charge is -2.29. The number of ether oxygens (including phenoxy) is 2. The van der Waals surface area contributed by atoms with Gasteiger partial charge in [0, 0.05) is 31.0 Å². The summed E-state index contributed by atoms with van der Waals surface area (Å²) in [6, 6.07) is 19.7. The highest BCUT2D eigenvalue weighted by molar-refractivity contribution is 7.90. The molecule has 0 spiro atoms. The summed E-state index contributed by atoms with van der Waals surface area (Å²) in [6.07, 6.45) is 1.04. The van der Waals surface area contributed by atoms with Crippen LogP contribution in [0.1, 0.15) is 15.9 Å². The summed E-state index contributed by atoms with van der Waals surface area (Å²) in [6.45, 7) is 1.09. The third-order valence-corrected chi connectivity index (χ3v) is 7.86. The maximum absolute atomic E-state index is 13.9. The van der Waals surface area contributed by atoms with E-state index in [1.165, 1.54) is 24.1 Å². The van der Waals surface area contributed by atoms with Crippen LogP contribution in [0.25, 0.3) is 11.1 Å². The fraction of sp³-hybridized carbons (Fsp3) is 0.300. The van der Waals surface area contributed by atoms with E-state index in [9.17, 15) is 22.8 Å². The fourth-order valence-corrected chi connectivity index (χ4v) is 5.25. The van der Waals surface area contributed by atoms with Crippen molar-refractivity contribution in [2.24, 2.45) is 5.73 Å². The van der Waals surface area contributed by atoms with Gasteiger partial charge in [0.05, 0.1) is 42.9 Å². The van der Waals surface area contributed by atoms with Crippen molar-refractivity contribution >= 4 is 33.3 Å². The lowest BCUT2D eigenvalue weighted by molar-refractivity contribution is -0.131. The molecule has 4 rings (SSSR count). The molecular formula is C30H33N3O7S. The Hall–Kier alpha value is -4.06. The molecule has 0 aromatic heterocycles. The van der Waals surface area contributed by atoms with Gasteiger partial charge in [0.15, 0.2) is 9.84 Å². The van der Waals surface area contributed by atoms with Crippen molar-refractivity contribution in [2.75, 3.05) is 51.1 Å². The van der Waals surface area contributed by atoms with Gasteiger partial charge in [0.1, 0.15) is 6.54 Å². The quantitative estimate of drug-likeness (QED) is 0.402. The molecule has 1 aliphatic heterocycles. The van der Waals surface area contributed by atoms with E-state index in [1.54, 1.807) is 47.4 Å². The first-order valence-electron chi connectivity index (χ1n) is 13.0. The second-order valence-electron chi connectivity index (χ2n) is 9.84. The molecule has 1 saturated heterocycles. The Labute approximate surface area is 239 Å². The molecule has 1 heterocycles. The van der Waals surface area contributed by atoms with Gasteiger partial charge in [-0.2, -0.15) is 0 Å². The number of hydrogen-bond donors (Lipinski definition) is 1. The van der Waals surface area contributed by atoms with Gasteiger partial charge < -0.3 is 25.0 Å². The molecule has 216 valence electrons. The molecule has 2 N–H and O–H groups in total. The number of nitrogens with zero attached hydrogens (tertiary/aromatic N) is 2. The molecule has 0 bridgehead atoms. The SMILES string of the molecule is COC(=O)c1cccc(-c2ccccc2N(CC(=O)N2CCOCC(N)C2)C(=O)Cc2ccc(S(C)(=O)=O)cc2)c1. The van der Waals surface area contributed by atoms with Crippen LogP contribution < -0.4 is 10.6 Å². The number of methoxy groups -OCH3 is 1.